The summed E-state index contributed by atoms with van der Waals surface area (Å²) in [6, 6.07) is 13.1. The number of halogens is 4. The molecule has 3 unspecified atom stereocenters. The van der Waals surface area contributed by atoms with Crippen LogP contribution in [0.5, 0.6) is 0 Å². The van der Waals surface area contributed by atoms with Crippen LogP contribution in [0.1, 0.15) is 82.5 Å². The Labute approximate surface area is 384 Å². The summed E-state index contributed by atoms with van der Waals surface area (Å²) in [5.74, 6) is -8.12. The van der Waals surface area contributed by atoms with Crippen molar-refractivity contribution in [1.29, 1.82) is 0 Å². The molecule has 354 valence electrons. The summed E-state index contributed by atoms with van der Waals surface area (Å²) in [5.41, 5.74) is 5.11. The molecule has 0 spiro atoms. The molecule has 2 aliphatic heterocycles. The first-order valence-electron chi connectivity index (χ1n) is 23.5. The van der Waals surface area contributed by atoms with Crippen molar-refractivity contribution in [2.45, 2.75) is 107 Å². The van der Waals surface area contributed by atoms with Crippen molar-refractivity contribution in [3.05, 3.63) is 72.6 Å². The van der Waals surface area contributed by atoms with Gasteiger partial charge in [0.25, 0.3) is 11.8 Å². The predicted octanol–water partition coefficient (Wildman–Crippen LogP) is 8.13. The average Bonchev–Trinajstić information content (AvgIpc) is 3.87. The highest BCUT2D eigenvalue weighted by Gasteiger charge is 2.73. The summed E-state index contributed by atoms with van der Waals surface area (Å²) in [6.07, 6.45) is 5.03. The molecule has 5 aliphatic carbocycles. The van der Waals surface area contributed by atoms with Gasteiger partial charge in [-0.1, -0.05) is 55.5 Å². The van der Waals surface area contributed by atoms with Crippen molar-refractivity contribution >= 4 is 24.0 Å². The maximum absolute atomic E-state index is 14.4. The number of methoxy groups -OCH3 is 2. The first-order valence-corrected chi connectivity index (χ1v) is 23.5. The van der Waals surface area contributed by atoms with E-state index >= 15 is 0 Å². The van der Waals surface area contributed by atoms with Crippen LogP contribution in [0.3, 0.4) is 0 Å². The third-order valence-electron chi connectivity index (χ3n) is 16.7. The zero-order chi connectivity index (χ0) is 46.8. The van der Waals surface area contributed by atoms with Crippen molar-refractivity contribution in [1.82, 2.24) is 40.4 Å². The molecule has 14 nitrogen and oxygen atoms in total. The SMILES string of the molecule is COC(=O)NC(C(=O)N1C(C)[C@H](C)C[C@H]1c1nc(-c2ccc(-c3ccc(-c4c[nH]c([C@@H]5C[C@H]6C[C@H]6N5C(=O)C(NC(=O)OC)[C@@H]5C[C@@H]6[C@H](C5)C6(F)F)n4)cc3)cc2)c[nH]1)[C@@H]1C[C@@H]2[C@H](C1)C2(F)F. The Hall–Kier alpha value is -5.94. The number of carbonyl (C=O) groups excluding carboxylic acids is 4. The van der Waals surface area contributed by atoms with E-state index in [1.54, 1.807) is 4.90 Å². The number of benzene rings is 2. The van der Waals surface area contributed by atoms with Crippen LogP contribution in [0.15, 0.2) is 60.9 Å². The molecule has 5 saturated carbocycles. The number of aromatic nitrogens is 4. The molecule has 2 aromatic heterocycles. The van der Waals surface area contributed by atoms with Gasteiger partial charge < -0.3 is 39.9 Å². The number of hydrogen-bond donors (Lipinski definition) is 4. The lowest BCUT2D eigenvalue weighted by Crippen LogP contribution is -2.54. The summed E-state index contributed by atoms with van der Waals surface area (Å²) in [5, 5.41) is 5.38. The Morgan fingerprint density at radius 1 is 0.612 bits per heavy atom. The number of likely N-dealkylation sites (tertiary alicyclic amines) is 2. The molecule has 4 heterocycles. The van der Waals surface area contributed by atoms with Crippen molar-refractivity contribution < 1.29 is 46.2 Å². The van der Waals surface area contributed by atoms with Crippen LogP contribution in [0, 0.1) is 47.3 Å². The lowest BCUT2D eigenvalue weighted by molar-refractivity contribution is -0.138. The largest absolute Gasteiger partial charge is 0.453 e. The van der Waals surface area contributed by atoms with Crippen molar-refractivity contribution in [2.24, 2.45) is 47.3 Å². The topological polar surface area (TPSA) is 175 Å². The van der Waals surface area contributed by atoms with Gasteiger partial charge in [0.05, 0.1) is 37.7 Å². The number of aromatic amines is 2. The molecule has 0 radical (unpaired) electrons. The first kappa shape index (κ1) is 43.6. The number of amides is 4. The molecular formula is C49H54F4N8O6. The van der Waals surface area contributed by atoms with Crippen LogP contribution in [0.2, 0.25) is 0 Å². The molecule has 67 heavy (non-hydrogen) atoms. The van der Waals surface area contributed by atoms with Crippen molar-refractivity contribution in [3.63, 3.8) is 0 Å². The maximum Gasteiger partial charge on any atom is 0.407 e. The van der Waals surface area contributed by atoms with E-state index in [1.165, 1.54) is 14.2 Å². The minimum Gasteiger partial charge on any atom is -0.453 e. The lowest BCUT2D eigenvalue weighted by Gasteiger charge is -2.34. The number of imidazole rings is 2. The number of alkyl halides is 4. The highest BCUT2D eigenvalue weighted by atomic mass is 19.3. The molecule has 14 atom stereocenters. The molecule has 7 fully saturated rings. The fraction of sp³-hybridized carbons (Fsp3) is 0.551. The number of H-pyrrole nitrogens is 2. The number of piperidine rings is 1. The average molecular weight is 927 g/mol. The predicted molar refractivity (Wildman–Crippen MR) is 234 cm³/mol. The Balaban J connectivity index is 0.756. The number of hydrogen-bond acceptors (Lipinski definition) is 8. The maximum atomic E-state index is 14.4. The van der Waals surface area contributed by atoms with E-state index in [1.807, 2.05) is 72.7 Å². The van der Waals surface area contributed by atoms with Crippen LogP contribution >= 0.6 is 0 Å². The minimum absolute atomic E-state index is 0.0128. The molecule has 2 aromatic carbocycles. The van der Waals surface area contributed by atoms with E-state index in [-0.39, 0.29) is 61.5 Å². The highest BCUT2D eigenvalue weighted by Crippen LogP contribution is 2.67. The van der Waals surface area contributed by atoms with Crippen molar-refractivity contribution in [3.8, 4) is 33.6 Å². The molecule has 11 rings (SSSR count). The van der Waals surface area contributed by atoms with Crippen LogP contribution < -0.4 is 10.6 Å². The highest BCUT2D eigenvalue weighted by molar-refractivity contribution is 5.88. The second kappa shape index (κ2) is 15.8. The molecule has 7 aliphatic rings. The third kappa shape index (κ3) is 7.34. The normalized spacial score (nSPS) is 33.3. The second-order valence-electron chi connectivity index (χ2n) is 20.2. The monoisotopic (exact) mass is 926 g/mol. The molecule has 18 heteroatoms. The third-order valence-corrected chi connectivity index (χ3v) is 16.7. The van der Waals surface area contributed by atoms with Gasteiger partial charge in [-0.25, -0.2) is 37.1 Å². The van der Waals surface area contributed by atoms with Gasteiger partial charge in [0.1, 0.15) is 23.7 Å². The second-order valence-corrected chi connectivity index (χ2v) is 20.2. The summed E-state index contributed by atoms with van der Waals surface area (Å²) in [7, 11) is 2.44. The van der Waals surface area contributed by atoms with Gasteiger partial charge in [-0.15, -0.1) is 0 Å². The first-order chi connectivity index (χ1) is 32.1. The summed E-state index contributed by atoms with van der Waals surface area (Å²) < 4.78 is 66.2. The van der Waals surface area contributed by atoms with Crippen molar-refractivity contribution in [2.75, 3.05) is 14.2 Å². The van der Waals surface area contributed by atoms with Gasteiger partial charge in [-0.2, -0.15) is 0 Å². The van der Waals surface area contributed by atoms with E-state index in [0.717, 1.165) is 35.1 Å². The Morgan fingerprint density at radius 3 is 1.45 bits per heavy atom. The van der Waals surface area contributed by atoms with Crippen LogP contribution in [0.25, 0.3) is 33.6 Å². The molecule has 0 bridgehead atoms. The lowest BCUT2D eigenvalue weighted by atomic mass is 9.92. The zero-order valence-corrected chi connectivity index (χ0v) is 37.6. The summed E-state index contributed by atoms with van der Waals surface area (Å²) >= 11 is 0. The Kier molecular flexibility index (Phi) is 10.3. The number of carbonyl (C=O) groups is 4. The van der Waals surface area contributed by atoms with Gasteiger partial charge in [0.2, 0.25) is 11.8 Å². The number of ether oxygens (including phenoxy) is 2. The Bertz CT molecular complexity index is 2580. The number of rotatable bonds is 11. The molecule has 2 saturated heterocycles. The van der Waals surface area contributed by atoms with E-state index < -0.39 is 77.7 Å². The molecule has 4 N–H and O–H groups in total. The van der Waals surface area contributed by atoms with Crippen LogP contribution in [-0.4, -0.2) is 104 Å². The number of alkyl carbamates (subject to hydrolysis) is 2. The number of nitrogens with zero attached hydrogens (tertiary/aromatic N) is 4. The Morgan fingerprint density at radius 2 is 1.01 bits per heavy atom. The molecule has 4 aromatic rings. The van der Waals surface area contributed by atoms with Crippen LogP contribution in [-0.2, 0) is 19.1 Å². The van der Waals surface area contributed by atoms with E-state index in [2.05, 4.69) is 27.5 Å². The van der Waals surface area contributed by atoms with Gasteiger partial charge in [0.15, 0.2) is 0 Å². The standard InChI is InChI=1S/C49H54F4N8O6/c1-22-13-38(60(23(22)2)44(62)40(58-46(64)66-3)29-14-31-32(15-29)48(31,50)51)42-54-20-35(56-42)26-9-5-24(6-10-26)25-7-11-27(12-8-25)36-21-55-43(57-36)39-19-28-18-37(28)61(39)45(63)41(59-47(65)67-4)30-16-33-34(17-30)49(33,52)53/h5-12,20-23,28-34,37-41H,13-19H2,1-4H3,(H,54,56)(H,55,57)(H,58,64)(H,59,65)/t22-,23?,28-,29-,30-,31-,32+,33-,34+,37-,38+,39+,40?,41?/m1/s1. The summed E-state index contributed by atoms with van der Waals surface area (Å²) in [4.78, 5) is 73.5. The zero-order valence-electron chi connectivity index (χ0n) is 37.6. The van der Waals surface area contributed by atoms with E-state index in [9.17, 15) is 36.7 Å². The summed E-state index contributed by atoms with van der Waals surface area (Å²) in [6.45, 7) is 4.03. The van der Waals surface area contributed by atoms with Gasteiger partial charge in [0, 0.05) is 59.3 Å². The fourth-order valence-corrected chi connectivity index (χ4v) is 12.5. The van der Waals surface area contributed by atoms with E-state index in [0.29, 0.717) is 35.4 Å². The molecular weight excluding hydrogens is 873 g/mol. The quantitative estimate of drug-likeness (QED) is 0.109. The number of nitrogens with one attached hydrogen (secondary N) is 4. The number of fused-ring (bicyclic) bond motifs is 3. The fourth-order valence-electron chi connectivity index (χ4n) is 12.5. The van der Waals surface area contributed by atoms with Crippen LogP contribution in [0.4, 0.5) is 27.2 Å². The van der Waals surface area contributed by atoms with Gasteiger partial charge in [-0.3, -0.25) is 9.59 Å². The van der Waals surface area contributed by atoms with Gasteiger partial charge >= 0.3 is 12.2 Å². The van der Waals surface area contributed by atoms with E-state index in [4.69, 9.17) is 19.4 Å². The smallest absolute Gasteiger partial charge is 0.407 e. The van der Waals surface area contributed by atoms with Gasteiger partial charge in [-0.05, 0) is 86.7 Å². The minimum atomic E-state index is -2.70. The molecule has 4 amide bonds.